The Balaban J connectivity index is 1.93. The van der Waals surface area contributed by atoms with Gasteiger partial charge in [0.25, 0.3) is 10.0 Å². The van der Waals surface area contributed by atoms with Crippen molar-refractivity contribution in [2.24, 2.45) is 0 Å². The fourth-order valence-electron chi connectivity index (χ4n) is 3.37. The highest BCUT2D eigenvalue weighted by molar-refractivity contribution is 7.92. The van der Waals surface area contributed by atoms with Crippen LogP contribution in [0.1, 0.15) is 18.1 Å². The summed E-state index contributed by atoms with van der Waals surface area (Å²) in [5, 5.41) is 0. The minimum atomic E-state index is -3.82. The van der Waals surface area contributed by atoms with Crippen LogP contribution in [-0.2, 0) is 10.0 Å². The zero-order valence-corrected chi connectivity index (χ0v) is 20.1. The van der Waals surface area contributed by atoms with Crippen molar-refractivity contribution in [1.82, 2.24) is 9.88 Å². The lowest BCUT2D eigenvalue weighted by molar-refractivity contribution is 0.398. The Morgan fingerprint density at radius 3 is 2.28 bits per heavy atom. The maximum Gasteiger partial charge on any atom is 0.264 e. The summed E-state index contributed by atoms with van der Waals surface area (Å²) in [5.74, 6) is 0.419. The van der Waals surface area contributed by atoms with Gasteiger partial charge in [0, 0.05) is 24.7 Å². The maximum absolute atomic E-state index is 13.7. The number of aryl methyl sites for hydroxylation is 1. The molecule has 2 aromatic carbocycles. The molecule has 32 heavy (non-hydrogen) atoms. The molecule has 0 N–H and O–H groups in total. The molecule has 0 amide bonds. The lowest BCUT2D eigenvalue weighted by Crippen LogP contribution is -2.41. The third-order valence-corrected chi connectivity index (χ3v) is 7.62. The zero-order valence-electron chi connectivity index (χ0n) is 18.4. The first kappa shape index (κ1) is 23.7. The predicted molar refractivity (Wildman–Crippen MR) is 132 cm³/mol. The lowest BCUT2D eigenvalue weighted by atomic mass is 10.2. The summed E-state index contributed by atoms with van der Waals surface area (Å²) in [7, 11) is -2.29. The quantitative estimate of drug-likeness (QED) is 0.436. The molecule has 1 heterocycles. The number of anilines is 1. The van der Waals surface area contributed by atoms with Crippen LogP contribution in [-0.4, -0.2) is 50.0 Å². The number of methoxy groups -OCH3 is 1. The van der Waals surface area contributed by atoms with Gasteiger partial charge in [-0.25, -0.2) is 13.4 Å². The molecule has 0 aliphatic rings. The molecule has 0 spiro atoms. The van der Waals surface area contributed by atoms with E-state index < -0.39 is 10.0 Å². The van der Waals surface area contributed by atoms with Crippen LogP contribution >= 0.6 is 12.2 Å². The summed E-state index contributed by atoms with van der Waals surface area (Å²) in [6.45, 7) is 5.10. The molecule has 1 aromatic heterocycles. The van der Waals surface area contributed by atoms with Gasteiger partial charge in [0.05, 0.1) is 30.4 Å². The number of ether oxygens (including phenoxy) is 1. The second-order valence-electron chi connectivity index (χ2n) is 7.15. The lowest BCUT2D eigenvalue weighted by Gasteiger charge is -2.30. The van der Waals surface area contributed by atoms with E-state index in [1.165, 1.54) is 17.6 Å². The molecule has 3 rings (SSSR count). The summed E-state index contributed by atoms with van der Waals surface area (Å²) in [4.78, 5) is 7.17. The molecule has 6 nitrogen and oxygen atoms in total. The van der Waals surface area contributed by atoms with Gasteiger partial charge in [0.2, 0.25) is 5.88 Å². The molecule has 0 saturated heterocycles. The van der Waals surface area contributed by atoms with E-state index in [0.29, 0.717) is 35.2 Å². The Morgan fingerprint density at radius 1 is 1.00 bits per heavy atom. The molecule has 3 aromatic rings. The van der Waals surface area contributed by atoms with E-state index in [1.807, 2.05) is 48.2 Å². The van der Waals surface area contributed by atoms with E-state index in [4.69, 9.17) is 17.0 Å². The van der Waals surface area contributed by atoms with Gasteiger partial charge >= 0.3 is 0 Å². The summed E-state index contributed by atoms with van der Waals surface area (Å²) in [6, 6.07) is 20.1. The van der Waals surface area contributed by atoms with Crippen LogP contribution in [0.5, 0.6) is 5.88 Å². The van der Waals surface area contributed by atoms with Crippen LogP contribution in [0.15, 0.2) is 77.8 Å². The number of nitrogens with zero attached hydrogens (tertiary/aromatic N) is 3. The summed E-state index contributed by atoms with van der Waals surface area (Å²) >= 11 is 5.68. The van der Waals surface area contributed by atoms with Crippen molar-refractivity contribution < 1.29 is 13.2 Å². The summed E-state index contributed by atoms with van der Waals surface area (Å²) < 4.78 is 33.8. The van der Waals surface area contributed by atoms with Crippen LogP contribution in [0.2, 0.25) is 0 Å². The molecule has 0 atom stereocenters. The van der Waals surface area contributed by atoms with Crippen molar-refractivity contribution in [2.45, 2.75) is 18.7 Å². The van der Waals surface area contributed by atoms with Crippen LogP contribution in [0.3, 0.4) is 0 Å². The summed E-state index contributed by atoms with van der Waals surface area (Å²) in [6.07, 6.45) is 1.51. The first-order chi connectivity index (χ1) is 15.4. The molecule has 0 radical (unpaired) electrons. The number of aromatic nitrogens is 1. The van der Waals surface area contributed by atoms with E-state index in [2.05, 4.69) is 4.98 Å². The third kappa shape index (κ3) is 5.26. The number of pyridine rings is 1. The van der Waals surface area contributed by atoms with Gasteiger partial charge in [-0.1, -0.05) is 60.7 Å². The standard InChI is InChI=1S/C24H27N3O3S2/c1-4-26(24(31)20-11-6-5-7-12-20)16-17-27(21-14-15-23(30-3)25-18-21)32(28,29)22-13-9-8-10-19(22)2/h5-15,18H,4,16-17H2,1-3H3. The molecule has 0 aliphatic carbocycles. The molecule has 0 fully saturated rings. The molecule has 168 valence electrons. The molecule has 0 bridgehead atoms. The SMILES string of the molecule is CCN(CCN(c1ccc(OC)nc1)S(=O)(=O)c1ccccc1C)C(=S)c1ccccc1. The second kappa shape index (κ2) is 10.6. The first-order valence-corrected chi connectivity index (χ1v) is 12.2. The molecule has 0 aliphatic heterocycles. The van der Waals surface area contributed by atoms with Gasteiger partial charge in [-0.15, -0.1) is 0 Å². The number of likely N-dealkylation sites (N-methyl/N-ethyl adjacent to an activating group) is 1. The van der Waals surface area contributed by atoms with E-state index in [9.17, 15) is 8.42 Å². The van der Waals surface area contributed by atoms with Crippen molar-refractivity contribution in [3.63, 3.8) is 0 Å². The number of sulfonamides is 1. The van der Waals surface area contributed by atoms with Crippen LogP contribution in [0, 0.1) is 6.92 Å². The van der Waals surface area contributed by atoms with Crippen LogP contribution in [0.4, 0.5) is 5.69 Å². The topological polar surface area (TPSA) is 62.7 Å². The Kier molecular flexibility index (Phi) is 7.82. The number of hydrogen-bond acceptors (Lipinski definition) is 5. The van der Waals surface area contributed by atoms with Gasteiger partial charge in [0.15, 0.2) is 0 Å². The Morgan fingerprint density at radius 2 is 1.69 bits per heavy atom. The molecular formula is C24H27N3O3S2. The van der Waals surface area contributed by atoms with Crippen molar-refractivity contribution in [2.75, 3.05) is 31.0 Å². The highest BCUT2D eigenvalue weighted by atomic mass is 32.2. The zero-order chi connectivity index (χ0) is 23.1. The monoisotopic (exact) mass is 469 g/mol. The average Bonchev–Trinajstić information content (AvgIpc) is 2.82. The summed E-state index contributed by atoms with van der Waals surface area (Å²) in [5.41, 5.74) is 2.09. The molecule has 0 saturated carbocycles. The number of thiocarbonyl (C=S) groups is 1. The number of rotatable bonds is 9. The van der Waals surface area contributed by atoms with Crippen molar-refractivity contribution >= 4 is 32.9 Å². The number of benzene rings is 2. The smallest absolute Gasteiger partial charge is 0.264 e. The minimum Gasteiger partial charge on any atom is -0.481 e. The molecule has 0 unspecified atom stereocenters. The third-order valence-electron chi connectivity index (χ3n) is 5.14. The van der Waals surface area contributed by atoms with E-state index >= 15 is 0 Å². The van der Waals surface area contributed by atoms with Crippen LogP contribution in [0.25, 0.3) is 0 Å². The molecule has 8 heteroatoms. The highest BCUT2D eigenvalue weighted by Crippen LogP contribution is 2.26. The van der Waals surface area contributed by atoms with Crippen molar-refractivity contribution in [3.8, 4) is 5.88 Å². The van der Waals surface area contributed by atoms with Gasteiger partial charge in [-0.05, 0) is 31.5 Å². The highest BCUT2D eigenvalue weighted by Gasteiger charge is 2.27. The van der Waals surface area contributed by atoms with E-state index in [1.54, 1.807) is 37.3 Å². The van der Waals surface area contributed by atoms with Gasteiger partial charge in [-0.3, -0.25) is 4.31 Å². The van der Waals surface area contributed by atoms with Gasteiger partial charge in [0.1, 0.15) is 4.99 Å². The fourth-order valence-corrected chi connectivity index (χ4v) is 5.40. The predicted octanol–water partition coefficient (Wildman–Crippen LogP) is 4.29. The van der Waals surface area contributed by atoms with Crippen molar-refractivity contribution in [3.05, 3.63) is 84.1 Å². The van der Waals surface area contributed by atoms with E-state index in [-0.39, 0.29) is 11.4 Å². The largest absolute Gasteiger partial charge is 0.481 e. The molecular weight excluding hydrogens is 442 g/mol. The van der Waals surface area contributed by atoms with Gasteiger partial charge < -0.3 is 9.64 Å². The maximum atomic E-state index is 13.7. The van der Waals surface area contributed by atoms with E-state index in [0.717, 1.165) is 5.56 Å². The van der Waals surface area contributed by atoms with Crippen molar-refractivity contribution in [1.29, 1.82) is 0 Å². The second-order valence-corrected chi connectivity index (χ2v) is 9.37. The normalized spacial score (nSPS) is 11.1. The van der Waals surface area contributed by atoms with Crippen LogP contribution < -0.4 is 9.04 Å². The average molecular weight is 470 g/mol. The number of hydrogen-bond donors (Lipinski definition) is 0. The Labute approximate surface area is 195 Å². The fraction of sp³-hybridized carbons (Fsp3) is 0.250. The Hall–Kier alpha value is -2.97. The first-order valence-electron chi connectivity index (χ1n) is 10.3. The Bertz CT molecular complexity index is 1150. The van der Waals surface area contributed by atoms with Gasteiger partial charge in [-0.2, -0.15) is 0 Å². The minimum absolute atomic E-state index is 0.214.